The van der Waals surface area contributed by atoms with Crippen LogP contribution in [0.5, 0.6) is 0 Å². The molecule has 2 heterocycles. The zero-order chi connectivity index (χ0) is 13.1. The van der Waals surface area contributed by atoms with E-state index in [2.05, 4.69) is 21.8 Å². The Morgan fingerprint density at radius 2 is 2.33 bits per heavy atom. The fourth-order valence-corrected chi connectivity index (χ4v) is 2.78. The molecule has 1 saturated heterocycles. The van der Waals surface area contributed by atoms with E-state index in [0.29, 0.717) is 11.1 Å². The molecule has 1 fully saturated rings. The summed E-state index contributed by atoms with van der Waals surface area (Å²) in [5, 5.41) is 0.526. The maximum absolute atomic E-state index is 5.99. The van der Waals surface area contributed by atoms with Crippen molar-refractivity contribution in [1.29, 1.82) is 0 Å². The first kappa shape index (κ1) is 13.7. The zero-order valence-electron chi connectivity index (χ0n) is 11.1. The molecule has 0 aromatic carbocycles. The van der Waals surface area contributed by atoms with Gasteiger partial charge in [-0.2, -0.15) is 0 Å². The predicted octanol–water partition coefficient (Wildman–Crippen LogP) is 2.00. The largest absolute Gasteiger partial charge is 0.328 e. The molecule has 5 heteroatoms. The number of hydrogen-bond acceptors (Lipinski definition) is 4. The molecule has 0 aliphatic carbocycles. The molecule has 0 amide bonds. The van der Waals surface area contributed by atoms with E-state index in [1.54, 1.807) is 6.07 Å². The summed E-state index contributed by atoms with van der Waals surface area (Å²) in [6, 6.07) is 2.04. The summed E-state index contributed by atoms with van der Waals surface area (Å²) in [5.41, 5.74) is 6.91. The Morgan fingerprint density at radius 3 is 3.00 bits per heavy atom. The van der Waals surface area contributed by atoms with E-state index in [-0.39, 0.29) is 6.04 Å². The number of aryl methyl sites for hydroxylation is 1. The van der Waals surface area contributed by atoms with Crippen LogP contribution in [0, 0.1) is 12.8 Å². The lowest BCUT2D eigenvalue weighted by atomic mass is 9.92. The normalized spacial score (nSPS) is 23.0. The number of nitrogens with two attached hydrogens (primary N) is 1. The van der Waals surface area contributed by atoms with Crippen LogP contribution in [0.1, 0.15) is 31.3 Å². The first-order valence-corrected chi connectivity index (χ1v) is 6.90. The van der Waals surface area contributed by atoms with Gasteiger partial charge in [0.15, 0.2) is 0 Å². The monoisotopic (exact) mass is 268 g/mol. The van der Waals surface area contributed by atoms with Crippen molar-refractivity contribution in [1.82, 2.24) is 14.9 Å². The van der Waals surface area contributed by atoms with Gasteiger partial charge >= 0.3 is 0 Å². The molecule has 2 atom stereocenters. The maximum Gasteiger partial charge on any atom is 0.144 e. The molecule has 2 unspecified atom stereocenters. The second kappa shape index (κ2) is 5.95. The molecule has 0 bridgehead atoms. The van der Waals surface area contributed by atoms with Crippen molar-refractivity contribution in [2.24, 2.45) is 11.7 Å². The smallest absolute Gasteiger partial charge is 0.144 e. The van der Waals surface area contributed by atoms with E-state index in [4.69, 9.17) is 17.3 Å². The molecule has 0 spiro atoms. The third-order valence-corrected chi connectivity index (χ3v) is 3.71. The summed E-state index contributed by atoms with van der Waals surface area (Å²) in [6.07, 6.45) is 2.43. The minimum absolute atomic E-state index is 0.259. The minimum atomic E-state index is 0.259. The molecule has 1 aromatic rings. The number of aromatic nitrogens is 2. The lowest BCUT2D eigenvalue weighted by molar-refractivity contribution is 0.151. The summed E-state index contributed by atoms with van der Waals surface area (Å²) in [7, 11) is 0. The summed E-state index contributed by atoms with van der Waals surface area (Å²) >= 11 is 5.96. The summed E-state index contributed by atoms with van der Waals surface area (Å²) in [6.45, 7) is 6.93. The zero-order valence-corrected chi connectivity index (χ0v) is 11.8. The molecule has 2 rings (SSSR count). The standard InChI is InChI=1S/C13H21ClN4/c1-9-6-12(14)17-13(16-9)8-18-5-3-4-11(7-18)10(2)15/h6,10-11H,3-5,7-8,15H2,1-2H3. The topological polar surface area (TPSA) is 55.0 Å². The molecule has 100 valence electrons. The van der Waals surface area contributed by atoms with Crippen molar-refractivity contribution in [3.05, 3.63) is 22.7 Å². The molecular formula is C13H21ClN4. The van der Waals surface area contributed by atoms with Gasteiger partial charge in [0, 0.05) is 18.3 Å². The lowest BCUT2D eigenvalue weighted by Crippen LogP contribution is -2.42. The Labute approximate surface area is 114 Å². The fourth-order valence-electron chi connectivity index (χ4n) is 2.52. The van der Waals surface area contributed by atoms with Gasteiger partial charge in [0.05, 0.1) is 6.54 Å². The summed E-state index contributed by atoms with van der Waals surface area (Å²) < 4.78 is 0. The van der Waals surface area contributed by atoms with E-state index in [0.717, 1.165) is 31.2 Å². The number of rotatable bonds is 3. The average molecular weight is 269 g/mol. The molecule has 0 saturated carbocycles. The quantitative estimate of drug-likeness (QED) is 0.852. The number of nitrogens with zero attached hydrogens (tertiary/aromatic N) is 3. The van der Waals surface area contributed by atoms with Crippen molar-refractivity contribution in [3.63, 3.8) is 0 Å². The summed E-state index contributed by atoms with van der Waals surface area (Å²) in [5.74, 6) is 1.39. The molecule has 1 aromatic heterocycles. The van der Waals surface area contributed by atoms with Crippen LogP contribution >= 0.6 is 11.6 Å². The Morgan fingerprint density at radius 1 is 1.56 bits per heavy atom. The lowest BCUT2D eigenvalue weighted by Gasteiger charge is -2.34. The van der Waals surface area contributed by atoms with Crippen LogP contribution in [0.25, 0.3) is 0 Å². The van der Waals surface area contributed by atoms with E-state index < -0.39 is 0 Å². The summed E-state index contributed by atoms with van der Waals surface area (Å²) in [4.78, 5) is 11.1. The number of halogens is 1. The van der Waals surface area contributed by atoms with E-state index in [1.807, 2.05) is 6.92 Å². The molecule has 1 aliphatic heterocycles. The number of likely N-dealkylation sites (tertiary alicyclic amines) is 1. The van der Waals surface area contributed by atoms with Crippen molar-refractivity contribution in [3.8, 4) is 0 Å². The molecule has 4 nitrogen and oxygen atoms in total. The second-order valence-corrected chi connectivity index (χ2v) is 5.63. The van der Waals surface area contributed by atoms with Gasteiger partial charge in [-0.3, -0.25) is 4.90 Å². The average Bonchev–Trinajstić information content (AvgIpc) is 2.27. The van der Waals surface area contributed by atoms with Gasteiger partial charge in [-0.25, -0.2) is 9.97 Å². The van der Waals surface area contributed by atoms with E-state index in [1.165, 1.54) is 12.8 Å². The third kappa shape index (κ3) is 3.64. The second-order valence-electron chi connectivity index (χ2n) is 5.24. The van der Waals surface area contributed by atoms with Gasteiger partial charge in [-0.15, -0.1) is 0 Å². The van der Waals surface area contributed by atoms with Crippen molar-refractivity contribution < 1.29 is 0 Å². The molecule has 1 aliphatic rings. The highest BCUT2D eigenvalue weighted by Gasteiger charge is 2.23. The first-order valence-electron chi connectivity index (χ1n) is 6.52. The van der Waals surface area contributed by atoms with Crippen molar-refractivity contribution in [2.45, 2.75) is 39.3 Å². The molecule has 18 heavy (non-hydrogen) atoms. The first-order chi connectivity index (χ1) is 8.54. The van der Waals surface area contributed by atoms with Gasteiger partial charge < -0.3 is 5.73 Å². The highest BCUT2D eigenvalue weighted by atomic mass is 35.5. The van der Waals surface area contributed by atoms with Gasteiger partial charge in [0.25, 0.3) is 0 Å². The van der Waals surface area contributed by atoms with Crippen LogP contribution in [0.2, 0.25) is 5.15 Å². The van der Waals surface area contributed by atoms with Crippen molar-refractivity contribution in [2.75, 3.05) is 13.1 Å². The Kier molecular flexibility index (Phi) is 4.54. The van der Waals surface area contributed by atoms with Gasteiger partial charge in [0.2, 0.25) is 0 Å². The highest BCUT2D eigenvalue weighted by molar-refractivity contribution is 6.29. The Hall–Kier alpha value is -0.710. The van der Waals surface area contributed by atoms with Gasteiger partial charge in [-0.1, -0.05) is 11.6 Å². The van der Waals surface area contributed by atoms with Crippen LogP contribution < -0.4 is 5.73 Å². The van der Waals surface area contributed by atoms with Crippen LogP contribution in [-0.4, -0.2) is 34.0 Å². The van der Waals surface area contributed by atoms with Crippen molar-refractivity contribution >= 4 is 11.6 Å². The highest BCUT2D eigenvalue weighted by Crippen LogP contribution is 2.20. The van der Waals surface area contributed by atoms with Gasteiger partial charge in [-0.05, 0) is 45.2 Å². The number of hydrogen-bond donors (Lipinski definition) is 1. The van der Waals surface area contributed by atoms with Crippen LogP contribution in [-0.2, 0) is 6.54 Å². The predicted molar refractivity (Wildman–Crippen MR) is 73.4 cm³/mol. The minimum Gasteiger partial charge on any atom is -0.328 e. The van der Waals surface area contributed by atoms with Crippen LogP contribution in [0.15, 0.2) is 6.07 Å². The van der Waals surface area contributed by atoms with Crippen LogP contribution in [0.4, 0.5) is 0 Å². The Bertz CT molecular complexity index is 388. The molecular weight excluding hydrogens is 248 g/mol. The SMILES string of the molecule is Cc1cc(Cl)nc(CN2CCCC(C(C)N)C2)n1. The molecule has 2 N–H and O–H groups in total. The van der Waals surface area contributed by atoms with Gasteiger partial charge in [0.1, 0.15) is 11.0 Å². The number of piperidine rings is 1. The fraction of sp³-hybridized carbons (Fsp3) is 0.692. The van der Waals surface area contributed by atoms with Crippen LogP contribution in [0.3, 0.4) is 0 Å². The van der Waals surface area contributed by atoms with E-state index >= 15 is 0 Å². The van der Waals surface area contributed by atoms with E-state index in [9.17, 15) is 0 Å². The third-order valence-electron chi connectivity index (χ3n) is 3.52. The Balaban J connectivity index is 2.00. The molecule has 0 radical (unpaired) electrons. The maximum atomic E-state index is 5.99.